The van der Waals surface area contributed by atoms with Crippen LogP contribution in [-0.4, -0.2) is 13.2 Å². The molecule has 0 fully saturated rings. The van der Waals surface area contributed by atoms with Gasteiger partial charge in [-0.3, -0.25) is 0 Å². The molecule has 2 aromatic rings. The fraction of sp³-hybridized carbons (Fsp3) is 0.231. The molecule has 4 nitrogen and oxygen atoms in total. The fourth-order valence-corrected chi connectivity index (χ4v) is 3.91. The molecule has 4 heteroatoms. The molecule has 0 saturated heterocycles. The first-order valence-electron chi connectivity index (χ1n) is 10.2. The van der Waals surface area contributed by atoms with Gasteiger partial charge in [0.15, 0.2) is 0 Å². The summed E-state index contributed by atoms with van der Waals surface area (Å²) >= 11 is 0. The second-order valence-corrected chi connectivity index (χ2v) is 7.55. The van der Waals surface area contributed by atoms with Gasteiger partial charge in [0.05, 0.1) is 19.2 Å². The van der Waals surface area contributed by atoms with E-state index in [-0.39, 0.29) is 5.70 Å². The molecule has 0 aliphatic carbocycles. The molecule has 2 heterocycles. The van der Waals surface area contributed by atoms with Gasteiger partial charge in [-0.05, 0) is 79.3 Å². The average molecular weight is 393 g/mol. The van der Waals surface area contributed by atoms with Crippen molar-refractivity contribution in [3.8, 4) is 6.07 Å². The van der Waals surface area contributed by atoms with E-state index in [0.717, 1.165) is 30.5 Å². The Hall–Kier alpha value is -3.76. The number of fused-ring (bicyclic) bond motifs is 1. The van der Waals surface area contributed by atoms with Crippen molar-refractivity contribution >= 4 is 17.5 Å². The predicted octanol–water partition coefficient (Wildman–Crippen LogP) is 6.09. The number of nitriles is 1. The van der Waals surface area contributed by atoms with Crippen LogP contribution in [0.2, 0.25) is 0 Å². The molecule has 2 aliphatic heterocycles. The van der Waals surface area contributed by atoms with Crippen molar-refractivity contribution in [2.45, 2.75) is 26.2 Å². The lowest BCUT2D eigenvalue weighted by Crippen LogP contribution is -2.24. The van der Waals surface area contributed by atoms with Gasteiger partial charge in [-0.25, -0.2) is 10.1 Å². The predicted molar refractivity (Wildman–Crippen MR) is 120 cm³/mol. The number of hydrogen-bond acceptors (Lipinski definition) is 3. The number of ether oxygens (including phenoxy) is 1. The zero-order chi connectivity index (χ0) is 20.9. The highest BCUT2D eigenvalue weighted by atomic mass is 16.5. The SMILES string of the molecule is [C-]#[N+]C(C#N)=C1C=C(C=Cc2ccc3c(c2)CCCN3c2ccc(C)cc2)OCC1. The maximum atomic E-state index is 9.09. The van der Waals surface area contributed by atoms with Crippen molar-refractivity contribution in [2.24, 2.45) is 0 Å². The average Bonchev–Trinajstić information content (AvgIpc) is 2.79. The number of allylic oxidation sites excluding steroid dienone is 3. The summed E-state index contributed by atoms with van der Waals surface area (Å²) in [5, 5.41) is 9.09. The van der Waals surface area contributed by atoms with Gasteiger partial charge in [-0.15, -0.1) is 0 Å². The van der Waals surface area contributed by atoms with Crippen molar-refractivity contribution in [1.82, 2.24) is 0 Å². The lowest BCUT2D eigenvalue weighted by molar-refractivity contribution is 0.219. The van der Waals surface area contributed by atoms with E-state index in [1.807, 2.05) is 18.2 Å². The molecule has 0 amide bonds. The van der Waals surface area contributed by atoms with Crippen LogP contribution in [0.5, 0.6) is 0 Å². The molecular formula is C26H23N3O. The number of aryl methyl sites for hydroxylation is 2. The summed E-state index contributed by atoms with van der Waals surface area (Å²) in [6.45, 7) is 10.8. The van der Waals surface area contributed by atoms with E-state index in [4.69, 9.17) is 16.6 Å². The molecule has 0 aromatic heterocycles. The summed E-state index contributed by atoms with van der Waals surface area (Å²) in [4.78, 5) is 5.70. The normalized spacial score (nSPS) is 17.4. The molecule has 30 heavy (non-hydrogen) atoms. The van der Waals surface area contributed by atoms with Crippen molar-refractivity contribution in [1.29, 1.82) is 5.26 Å². The number of benzene rings is 2. The van der Waals surface area contributed by atoms with Crippen LogP contribution in [0.4, 0.5) is 11.4 Å². The molecule has 148 valence electrons. The fourth-order valence-electron chi connectivity index (χ4n) is 3.91. The first-order valence-corrected chi connectivity index (χ1v) is 10.2. The van der Waals surface area contributed by atoms with Crippen LogP contribution in [0.1, 0.15) is 29.5 Å². The highest BCUT2D eigenvalue weighted by Crippen LogP contribution is 2.34. The molecular weight excluding hydrogens is 370 g/mol. The molecule has 2 aliphatic rings. The third kappa shape index (κ3) is 4.14. The van der Waals surface area contributed by atoms with Gasteiger partial charge in [0, 0.05) is 17.9 Å². The Morgan fingerprint density at radius 1 is 1.17 bits per heavy atom. The second kappa shape index (κ2) is 8.72. The van der Waals surface area contributed by atoms with Crippen LogP contribution in [0.3, 0.4) is 0 Å². The second-order valence-electron chi connectivity index (χ2n) is 7.55. The third-order valence-corrected chi connectivity index (χ3v) is 5.49. The Bertz CT molecular complexity index is 1110. The molecule has 0 spiro atoms. The number of rotatable bonds is 3. The standard InChI is InChI=1S/C26H23N3O/c1-19-5-9-23(10-6-19)29-14-3-4-22-16-20(8-12-26(22)29)7-11-24-17-21(13-15-30-24)25(18-27)28-2/h5-12,16-17H,3-4,13-15H2,1H3. The van der Waals surface area contributed by atoms with Crippen molar-refractivity contribution in [3.63, 3.8) is 0 Å². The van der Waals surface area contributed by atoms with E-state index in [1.54, 1.807) is 6.08 Å². The van der Waals surface area contributed by atoms with E-state index >= 15 is 0 Å². The quantitative estimate of drug-likeness (QED) is 0.468. The first-order chi connectivity index (χ1) is 14.7. The highest BCUT2D eigenvalue weighted by molar-refractivity contribution is 5.70. The van der Waals surface area contributed by atoms with Crippen LogP contribution < -0.4 is 4.90 Å². The van der Waals surface area contributed by atoms with Gasteiger partial charge < -0.3 is 9.64 Å². The van der Waals surface area contributed by atoms with Crippen molar-refractivity contribution in [2.75, 3.05) is 18.1 Å². The summed E-state index contributed by atoms with van der Waals surface area (Å²) in [7, 11) is 0. The minimum absolute atomic E-state index is 0.147. The zero-order valence-corrected chi connectivity index (χ0v) is 17.1. The molecule has 0 saturated carbocycles. The Morgan fingerprint density at radius 2 is 2.00 bits per heavy atom. The van der Waals surface area contributed by atoms with Crippen molar-refractivity contribution in [3.05, 3.63) is 99.8 Å². The maximum absolute atomic E-state index is 9.09. The topological polar surface area (TPSA) is 40.6 Å². The Labute approximate surface area is 177 Å². The molecule has 4 rings (SSSR count). The summed E-state index contributed by atoms with van der Waals surface area (Å²) in [5.41, 5.74) is 7.14. The van der Waals surface area contributed by atoms with Gasteiger partial charge in [0.2, 0.25) is 0 Å². The summed E-state index contributed by atoms with van der Waals surface area (Å²) in [6, 6.07) is 17.2. The summed E-state index contributed by atoms with van der Waals surface area (Å²) < 4.78 is 5.69. The smallest absolute Gasteiger partial charge is 0.265 e. The van der Waals surface area contributed by atoms with E-state index < -0.39 is 0 Å². The first kappa shape index (κ1) is 19.6. The molecule has 0 unspecified atom stereocenters. The Morgan fingerprint density at radius 3 is 2.77 bits per heavy atom. The van der Waals surface area contributed by atoms with Crippen LogP contribution in [0, 0.1) is 24.8 Å². The third-order valence-electron chi connectivity index (χ3n) is 5.49. The molecule has 2 aromatic carbocycles. The van der Waals surface area contributed by atoms with Crippen LogP contribution in [-0.2, 0) is 11.2 Å². The van der Waals surface area contributed by atoms with Gasteiger partial charge in [-0.2, -0.15) is 0 Å². The van der Waals surface area contributed by atoms with Crippen LogP contribution in [0.25, 0.3) is 10.9 Å². The van der Waals surface area contributed by atoms with Crippen molar-refractivity contribution < 1.29 is 4.74 Å². The van der Waals surface area contributed by atoms with E-state index in [2.05, 4.69) is 59.1 Å². The zero-order valence-electron chi connectivity index (χ0n) is 17.1. The van der Waals surface area contributed by atoms with Crippen LogP contribution in [0.15, 0.2) is 71.6 Å². The molecule has 0 radical (unpaired) electrons. The molecule has 0 N–H and O–H groups in total. The number of hydrogen-bond donors (Lipinski definition) is 0. The molecule has 0 bridgehead atoms. The largest absolute Gasteiger partial charge is 0.493 e. The van der Waals surface area contributed by atoms with Gasteiger partial charge in [-0.1, -0.05) is 29.8 Å². The molecule has 0 atom stereocenters. The van der Waals surface area contributed by atoms with Crippen LogP contribution >= 0.6 is 0 Å². The van der Waals surface area contributed by atoms with E-state index in [1.165, 1.54) is 22.5 Å². The Kier molecular flexibility index (Phi) is 5.68. The monoisotopic (exact) mass is 393 g/mol. The lowest BCUT2D eigenvalue weighted by Gasteiger charge is -2.31. The number of anilines is 2. The van der Waals surface area contributed by atoms with E-state index in [9.17, 15) is 0 Å². The minimum Gasteiger partial charge on any atom is -0.493 e. The minimum atomic E-state index is 0.147. The van der Waals surface area contributed by atoms with Gasteiger partial charge in [0.1, 0.15) is 5.76 Å². The Balaban J connectivity index is 1.58. The highest BCUT2D eigenvalue weighted by Gasteiger charge is 2.18. The number of nitrogens with zero attached hydrogens (tertiary/aromatic N) is 3. The van der Waals surface area contributed by atoms with E-state index in [0.29, 0.717) is 18.8 Å². The summed E-state index contributed by atoms with van der Waals surface area (Å²) in [6.07, 6.45) is 8.54. The van der Waals surface area contributed by atoms with Gasteiger partial charge in [0.25, 0.3) is 5.70 Å². The maximum Gasteiger partial charge on any atom is 0.265 e. The summed E-state index contributed by atoms with van der Waals surface area (Å²) in [5.74, 6) is 0.687. The lowest BCUT2D eigenvalue weighted by atomic mass is 9.98. The van der Waals surface area contributed by atoms with Gasteiger partial charge >= 0.3 is 0 Å².